The van der Waals surface area contributed by atoms with E-state index in [0.29, 0.717) is 6.61 Å². The quantitative estimate of drug-likeness (QED) is 0.858. The molecule has 112 valence electrons. The first-order chi connectivity index (χ1) is 10.3. The van der Waals surface area contributed by atoms with Crippen LogP contribution in [-0.2, 0) is 18.3 Å². The molecule has 1 aromatic carbocycles. The fourth-order valence-corrected chi connectivity index (χ4v) is 2.56. The number of benzene rings is 1. The van der Waals surface area contributed by atoms with E-state index in [1.54, 1.807) is 0 Å². The molecule has 5 heteroatoms. The van der Waals surface area contributed by atoms with E-state index in [2.05, 4.69) is 16.2 Å². The Hall–Kier alpha value is -1.85. The molecule has 1 saturated heterocycles. The van der Waals surface area contributed by atoms with Crippen molar-refractivity contribution in [3.63, 3.8) is 0 Å². The molecule has 0 spiro atoms. The zero-order chi connectivity index (χ0) is 14.5. The van der Waals surface area contributed by atoms with Gasteiger partial charge in [0.15, 0.2) is 0 Å². The van der Waals surface area contributed by atoms with Gasteiger partial charge in [-0.05, 0) is 12.1 Å². The number of rotatable bonds is 4. The Kier molecular flexibility index (Phi) is 4.52. The minimum absolute atomic E-state index is 0.0616. The summed E-state index contributed by atoms with van der Waals surface area (Å²) in [5, 5.41) is 4.22. The Balaban J connectivity index is 1.60. The van der Waals surface area contributed by atoms with E-state index in [9.17, 15) is 0 Å². The standard InChI is InChI=1S/C16H21N3O2/c1-18-10-14(9-17-18)11-19-7-8-20-13-16(12-19)21-15-5-3-2-4-6-15/h2-6,9-10,16H,7-8,11-13H2,1H3/t16-/m1/s1. The highest BCUT2D eigenvalue weighted by molar-refractivity contribution is 5.21. The Morgan fingerprint density at radius 3 is 2.95 bits per heavy atom. The lowest BCUT2D eigenvalue weighted by atomic mass is 10.2. The van der Waals surface area contributed by atoms with Crippen LogP contribution in [0.25, 0.3) is 0 Å². The normalized spacial score (nSPS) is 20.1. The maximum Gasteiger partial charge on any atom is 0.135 e. The summed E-state index contributed by atoms with van der Waals surface area (Å²) in [6.45, 7) is 4.05. The molecule has 0 unspecified atom stereocenters. The van der Waals surface area contributed by atoms with Crippen LogP contribution in [0, 0.1) is 0 Å². The van der Waals surface area contributed by atoms with Gasteiger partial charge >= 0.3 is 0 Å². The minimum atomic E-state index is 0.0616. The predicted molar refractivity (Wildman–Crippen MR) is 80.2 cm³/mol. The summed E-state index contributed by atoms with van der Waals surface area (Å²) in [5.41, 5.74) is 1.22. The number of nitrogens with zero attached hydrogens (tertiary/aromatic N) is 3. The van der Waals surface area contributed by atoms with Crippen LogP contribution < -0.4 is 4.74 Å². The van der Waals surface area contributed by atoms with E-state index in [4.69, 9.17) is 9.47 Å². The van der Waals surface area contributed by atoms with E-state index in [-0.39, 0.29) is 6.10 Å². The molecule has 0 amide bonds. The van der Waals surface area contributed by atoms with Gasteiger partial charge in [-0.25, -0.2) is 0 Å². The molecule has 1 atom stereocenters. The molecule has 1 fully saturated rings. The lowest BCUT2D eigenvalue weighted by Gasteiger charge is -2.23. The van der Waals surface area contributed by atoms with Gasteiger partial charge in [-0.3, -0.25) is 9.58 Å². The van der Waals surface area contributed by atoms with Crippen LogP contribution in [0.15, 0.2) is 42.7 Å². The Morgan fingerprint density at radius 1 is 1.33 bits per heavy atom. The molecule has 5 nitrogen and oxygen atoms in total. The van der Waals surface area contributed by atoms with Gasteiger partial charge in [-0.1, -0.05) is 18.2 Å². The third-order valence-electron chi connectivity index (χ3n) is 3.53. The number of aromatic nitrogens is 2. The molecule has 1 aliphatic heterocycles. The van der Waals surface area contributed by atoms with Crippen LogP contribution in [0.4, 0.5) is 0 Å². The van der Waals surface area contributed by atoms with E-state index < -0.39 is 0 Å². The molecular weight excluding hydrogens is 266 g/mol. The molecule has 21 heavy (non-hydrogen) atoms. The van der Waals surface area contributed by atoms with Crippen molar-refractivity contribution in [1.29, 1.82) is 0 Å². The lowest BCUT2D eigenvalue weighted by Crippen LogP contribution is -2.35. The van der Waals surface area contributed by atoms with Crippen molar-refractivity contribution in [3.8, 4) is 5.75 Å². The van der Waals surface area contributed by atoms with E-state index >= 15 is 0 Å². The van der Waals surface area contributed by atoms with Crippen LogP contribution >= 0.6 is 0 Å². The molecule has 0 bridgehead atoms. The maximum absolute atomic E-state index is 6.02. The first kappa shape index (κ1) is 14.1. The topological polar surface area (TPSA) is 39.5 Å². The highest BCUT2D eigenvalue weighted by Gasteiger charge is 2.20. The van der Waals surface area contributed by atoms with E-state index in [1.165, 1.54) is 5.56 Å². The van der Waals surface area contributed by atoms with Gasteiger partial charge in [-0.2, -0.15) is 5.10 Å². The van der Waals surface area contributed by atoms with Crippen LogP contribution in [0.1, 0.15) is 5.56 Å². The van der Waals surface area contributed by atoms with E-state index in [1.807, 2.05) is 48.3 Å². The molecular formula is C16H21N3O2. The van der Waals surface area contributed by atoms with Gasteiger partial charge in [0, 0.05) is 38.4 Å². The summed E-state index contributed by atoms with van der Waals surface area (Å²) in [5.74, 6) is 0.898. The average Bonchev–Trinajstić information content (AvgIpc) is 2.76. The predicted octanol–water partition coefficient (Wildman–Crippen LogP) is 1.70. The zero-order valence-corrected chi connectivity index (χ0v) is 12.3. The number of aryl methyl sites for hydroxylation is 1. The second-order valence-electron chi connectivity index (χ2n) is 5.39. The van der Waals surface area contributed by atoms with Crippen molar-refractivity contribution in [2.75, 3.05) is 26.3 Å². The zero-order valence-electron chi connectivity index (χ0n) is 12.3. The summed E-state index contributed by atoms with van der Waals surface area (Å²) < 4.78 is 13.5. The van der Waals surface area contributed by atoms with Crippen molar-refractivity contribution >= 4 is 0 Å². The van der Waals surface area contributed by atoms with Gasteiger partial charge in [0.2, 0.25) is 0 Å². The third-order valence-corrected chi connectivity index (χ3v) is 3.53. The SMILES string of the molecule is Cn1cc(CN2CCOC[C@H](Oc3ccccc3)C2)cn1. The van der Waals surface area contributed by atoms with Gasteiger partial charge in [0.05, 0.1) is 19.4 Å². The summed E-state index contributed by atoms with van der Waals surface area (Å²) in [6, 6.07) is 9.93. The molecule has 0 saturated carbocycles. The number of hydrogen-bond donors (Lipinski definition) is 0. The number of hydrogen-bond acceptors (Lipinski definition) is 4. The molecule has 0 radical (unpaired) electrons. The number of para-hydroxylation sites is 1. The molecule has 2 heterocycles. The van der Waals surface area contributed by atoms with E-state index in [0.717, 1.165) is 32.0 Å². The first-order valence-corrected chi connectivity index (χ1v) is 7.29. The van der Waals surface area contributed by atoms with Gasteiger partial charge < -0.3 is 9.47 Å². The van der Waals surface area contributed by atoms with Crippen molar-refractivity contribution in [1.82, 2.24) is 14.7 Å². The van der Waals surface area contributed by atoms with Crippen molar-refractivity contribution in [2.45, 2.75) is 12.6 Å². The molecule has 2 aromatic rings. The summed E-state index contributed by atoms with van der Waals surface area (Å²) in [6.07, 6.45) is 4.03. The summed E-state index contributed by atoms with van der Waals surface area (Å²) >= 11 is 0. The van der Waals surface area contributed by atoms with Crippen LogP contribution in [0.5, 0.6) is 5.75 Å². The van der Waals surface area contributed by atoms with Crippen molar-refractivity contribution in [3.05, 3.63) is 48.3 Å². The average molecular weight is 287 g/mol. The summed E-state index contributed by atoms with van der Waals surface area (Å²) in [7, 11) is 1.94. The Labute approximate surface area is 125 Å². The molecule has 1 aliphatic rings. The van der Waals surface area contributed by atoms with Gasteiger partial charge in [-0.15, -0.1) is 0 Å². The molecule has 1 aromatic heterocycles. The highest BCUT2D eigenvalue weighted by Crippen LogP contribution is 2.14. The van der Waals surface area contributed by atoms with Gasteiger partial charge in [0.1, 0.15) is 11.9 Å². The van der Waals surface area contributed by atoms with Gasteiger partial charge in [0.25, 0.3) is 0 Å². The third kappa shape index (κ3) is 4.06. The van der Waals surface area contributed by atoms with Crippen LogP contribution in [-0.4, -0.2) is 47.1 Å². The molecule has 0 aliphatic carbocycles. The largest absolute Gasteiger partial charge is 0.487 e. The van der Waals surface area contributed by atoms with Crippen molar-refractivity contribution in [2.24, 2.45) is 7.05 Å². The maximum atomic E-state index is 6.02. The minimum Gasteiger partial charge on any atom is -0.487 e. The monoisotopic (exact) mass is 287 g/mol. The van der Waals surface area contributed by atoms with Crippen LogP contribution in [0.3, 0.4) is 0 Å². The smallest absolute Gasteiger partial charge is 0.135 e. The second kappa shape index (κ2) is 6.74. The molecule has 3 rings (SSSR count). The highest BCUT2D eigenvalue weighted by atomic mass is 16.5. The summed E-state index contributed by atoms with van der Waals surface area (Å²) in [4.78, 5) is 2.36. The van der Waals surface area contributed by atoms with Crippen LogP contribution in [0.2, 0.25) is 0 Å². The van der Waals surface area contributed by atoms with Crippen molar-refractivity contribution < 1.29 is 9.47 Å². The molecule has 0 N–H and O–H groups in total. The Morgan fingerprint density at radius 2 is 2.19 bits per heavy atom. The second-order valence-corrected chi connectivity index (χ2v) is 5.39. The lowest BCUT2D eigenvalue weighted by molar-refractivity contribution is 0.0710. The Bertz CT molecular complexity index is 556. The number of ether oxygens (including phenoxy) is 2. The fraction of sp³-hybridized carbons (Fsp3) is 0.438. The first-order valence-electron chi connectivity index (χ1n) is 7.29. The fourth-order valence-electron chi connectivity index (χ4n) is 2.56.